The molecule has 0 unspecified atom stereocenters. The maximum Gasteiger partial charge on any atom is 0.266 e. The normalized spacial score (nSPS) is 17.8. The maximum atomic E-state index is 11.1. The molecule has 0 spiro atoms. The van der Waals surface area contributed by atoms with Crippen LogP contribution in [0.2, 0.25) is 0 Å². The molecule has 2 amide bonds. The Balaban J connectivity index is 0.000000173. The molecule has 2 aromatic carbocycles. The zero-order chi connectivity index (χ0) is 17.5. The number of carbonyl (C=O) groups excluding carboxylic acids is 2. The van der Waals surface area contributed by atoms with Gasteiger partial charge in [0.05, 0.1) is 11.1 Å². The van der Waals surface area contributed by atoms with Gasteiger partial charge in [-0.25, -0.2) is 26.3 Å². The summed E-state index contributed by atoms with van der Waals surface area (Å²) < 4.78 is 48.3. The molecule has 11 heteroatoms. The number of sulfonamides is 2. The molecular weight excluding hydrogens is 412 g/mol. The van der Waals surface area contributed by atoms with Crippen LogP contribution in [0.15, 0.2) is 58.3 Å². The fourth-order valence-corrected chi connectivity index (χ4v) is 4.59. The minimum Gasteiger partial charge on any atom is -0.268 e. The predicted octanol–water partition coefficient (Wildman–Crippen LogP) is 0.235. The molecule has 0 saturated heterocycles. The van der Waals surface area contributed by atoms with Gasteiger partial charge < -0.3 is 0 Å². The van der Waals surface area contributed by atoms with Crippen LogP contribution >= 0.6 is 0 Å². The summed E-state index contributed by atoms with van der Waals surface area (Å²) in [5.74, 6) is -1.10. The Hall–Kier alpha value is -2.20. The van der Waals surface area contributed by atoms with E-state index < -0.39 is 31.9 Å². The summed E-state index contributed by atoms with van der Waals surface area (Å²) >= 11 is 0. The minimum absolute atomic E-state index is 0. The quantitative estimate of drug-likeness (QED) is 0.586. The molecule has 0 atom stereocenters. The average Bonchev–Trinajstić information content (AvgIpc) is 2.91. The van der Waals surface area contributed by atoms with E-state index in [1.165, 1.54) is 24.3 Å². The molecule has 0 fully saturated rings. The molecule has 0 aliphatic carbocycles. The Morgan fingerprint density at radius 3 is 1.24 bits per heavy atom. The van der Waals surface area contributed by atoms with Crippen molar-refractivity contribution in [2.45, 2.75) is 9.79 Å². The number of rotatable bonds is 0. The van der Waals surface area contributed by atoms with Crippen LogP contribution in [0.4, 0.5) is 0 Å². The maximum absolute atomic E-state index is 11.1. The zero-order valence-electron chi connectivity index (χ0n) is 12.2. The van der Waals surface area contributed by atoms with Crippen molar-refractivity contribution in [3.63, 3.8) is 0 Å². The number of fused-ring (bicyclic) bond motifs is 2. The van der Waals surface area contributed by atoms with E-state index in [1.807, 2.05) is 9.44 Å². The minimum atomic E-state index is -3.55. The first kappa shape index (κ1) is 19.1. The summed E-state index contributed by atoms with van der Waals surface area (Å²) in [5.41, 5.74) is 0.440. The van der Waals surface area contributed by atoms with Crippen molar-refractivity contribution >= 4 is 31.9 Å². The summed E-state index contributed by atoms with van der Waals surface area (Å²) in [7, 11) is -7.11. The first-order valence-electron chi connectivity index (χ1n) is 6.55. The van der Waals surface area contributed by atoms with Crippen molar-refractivity contribution in [1.29, 1.82) is 0 Å². The number of hydrogen-bond acceptors (Lipinski definition) is 6. The second-order valence-corrected chi connectivity index (χ2v) is 8.16. The summed E-state index contributed by atoms with van der Waals surface area (Å²) in [5, 5.41) is 0. The van der Waals surface area contributed by atoms with Gasteiger partial charge in [0.25, 0.3) is 31.9 Å². The Kier molecular flexibility index (Phi) is 5.05. The third-order valence-corrected chi connectivity index (χ3v) is 6.07. The Morgan fingerprint density at radius 2 is 0.920 bits per heavy atom. The SMILES string of the molecule is O=C1NS(=O)(=O)c2ccccc21.O=C1NS(=O)(=O)c2ccccc21.[Fe]. The van der Waals surface area contributed by atoms with E-state index in [4.69, 9.17) is 0 Å². The number of benzene rings is 2. The molecule has 2 aromatic rings. The van der Waals surface area contributed by atoms with Gasteiger partial charge in [0.15, 0.2) is 0 Å². The molecule has 2 heterocycles. The molecule has 0 bridgehead atoms. The van der Waals surface area contributed by atoms with Crippen LogP contribution in [-0.4, -0.2) is 28.6 Å². The molecule has 2 aliphatic heterocycles. The zero-order valence-corrected chi connectivity index (χ0v) is 15.0. The molecule has 0 radical (unpaired) electrons. The van der Waals surface area contributed by atoms with Crippen LogP contribution < -0.4 is 9.44 Å². The van der Waals surface area contributed by atoms with E-state index in [0.29, 0.717) is 0 Å². The largest absolute Gasteiger partial charge is 0.268 e. The average molecular weight is 422 g/mol. The van der Waals surface area contributed by atoms with Gasteiger partial charge in [-0.15, -0.1) is 0 Å². The van der Waals surface area contributed by atoms with Crippen molar-refractivity contribution in [3.05, 3.63) is 59.7 Å². The number of nitrogens with one attached hydrogen (secondary N) is 2. The topological polar surface area (TPSA) is 126 Å². The van der Waals surface area contributed by atoms with E-state index in [1.54, 1.807) is 24.3 Å². The number of carbonyl (C=O) groups is 2. The van der Waals surface area contributed by atoms with Gasteiger partial charge in [-0.2, -0.15) is 0 Å². The Labute approximate surface area is 154 Å². The molecule has 4 rings (SSSR count). The molecule has 2 aliphatic rings. The van der Waals surface area contributed by atoms with Gasteiger partial charge in [-0.3, -0.25) is 9.59 Å². The van der Waals surface area contributed by atoms with E-state index in [2.05, 4.69) is 0 Å². The molecule has 132 valence electrons. The van der Waals surface area contributed by atoms with Crippen molar-refractivity contribution in [2.24, 2.45) is 0 Å². The summed E-state index contributed by atoms with van der Waals surface area (Å²) in [4.78, 5) is 22.1. The summed E-state index contributed by atoms with van der Waals surface area (Å²) in [6.45, 7) is 0. The van der Waals surface area contributed by atoms with Gasteiger partial charge in [-0.1, -0.05) is 24.3 Å². The van der Waals surface area contributed by atoms with Crippen molar-refractivity contribution in [2.75, 3.05) is 0 Å². The monoisotopic (exact) mass is 422 g/mol. The van der Waals surface area contributed by atoms with E-state index in [9.17, 15) is 26.4 Å². The van der Waals surface area contributed by atoms with Crippen molar-refractivity contribution in [1.82, 2.24) is 9.44 Å². The predicted molar refractivity (Wildman–Crippen MR) is 82.2 cm³/mol. The number of amides is 2. The van der Waals surface area contributed by atoms with Crippen LogP contribution in [0.3, 0.4) is 0 Å². The Morgan fingerprint density at radius 1 is 0.600 bits per heavy atom. The fourth-order valence-electron chi connectivity index (χ4n) is 2.24. The van der Waals surface area contributed by atoms with Crippen LogP contribution in [0, 0.1) is 0 Å². The molecule has 25 heavy (non-hydrogen) atoms. The van der Waals surface area contributed by atoms with Gasteiger partial charge >= 0.3 is 0 Å². The Bertz CT molecular complexity index is 993. The first-order chi connectivity index (χ1) is 11.2. The van der Waals surface area contributed by atoms with E-state index in [-0.39, 0.29) is 38.0 Å². The molecule has 2 N–H and O–H groups in total. The summed E-state index contributed by atoms with van der Waals surface area (Å²) in [6.07, 6.45) is 0. The first-order valence-corrected chi connectivity index (χ1v) is 9.51. The molecular formula is C14H10FeN2O6S2. The standard InChI is InChI=1S/2C7H5NO3S.Fe/c2*9-7-5-3-1-2-4-6(5)12(10,11)8-7;/h2*1-4H,(H,8,9);. The molecule has 0 aromatic heterocycles. The third kappa shape index (κ3) is 3.45. The fraction of sp³-hybridized carbons (Fsp3) is 0. The molecule has 0 saturated carbocycles. The van der Waals surface area contributed by atoms with Gasteiger partial charge in [0, 0.05) is 17.1 Å². The molecule has 8 nitrogen and oxygen atoms in total. The third-order valence-electron chi connectivity index (χ3n) is 3.30. The van der Waals surface area contributed by atoms with E-state index in [0.717, 1.165) is 0 Å². The second kappa shape index (κ2) is 6.60. The van der Waals surface area contributed by atoms with E-state index >= 15 is 0 Å². The summed E-state index contributed by atoms with van der Waals surface area (Å²) in [6, 6.07) is 12.2. The van der Waals surface area contributed by atoms with Gasteiger partial charge in [-0.05, 0) is 24.3 Å². The van der Waals surface area contributed by atoms with Crippen LogP contribution in [0.5, 0.6) is 0 Å². The van der Waals surface area contributed by atoms with Crippen LogP contribution in [-0.2, 0) is 37.1 Å². The van der Waals surface area contributed by atoms with Gasteiger partial charge in [0.2, 0.25) is 0 Å². The van der Waals surface area contributed by atoms with Crippen LogP contribution in [0.1, 0.15) is 20.7 Å². The van der Waals surface area contributed by atoms with Crippen molar-refractivity contribution < 1.29 is 43.5 Å². The smallest absolute Gasteiger partial charge is 0.266 e. The van der Waals surface area contributed by atoms with Gasteiger partial charge in [0.1, 0.15) is 9.79 Å². The number of hydrogen-bond donors (Lipinski definition) is 2. The second-order valence-electron chi connectivity index (χ2n) is 4.86. The van der Waals surface area contributed by atoms with Crippen LogP contribution in [0.25, 0.3) is 0 Å². The van der Waals surface area contributed by atoms with Crippen molar-refractivity contribution in [3.8, 4) is 0 Å².